The molecule has 0 saturated carbocycles. The van der Waals surface area contributed by atoms with Crippen LogP contribution in [0.25, 0.3) is 0 Å². The van der Waals surface area contributed by atoms with Gasteiger partial charge in [0.15, 0.2) is 5.75 Å². The highest BCUT2D eigenvalue weighted by Crippen LogP contribution is 2.22. The number of nitrogens with one attached hydrogen (secondary N) is 1. The van der Waals surface area contributed by atoms with Crippen LogP contribution in [-0.4, -0.2) is 12.1 Å². The molecule has 0 aliphatic carbocycles. The number of hydrogen-bond acceptors (Lipinski definition) is 2. The molecule has 0 unspecified atom stereocenters. The van der Waals surface area contributed by atoms with Gasteiger partial charge in [-0.05, 0) is 11.6 Å². The lowest BCUT2D eigenvalue weighted by molar-refractivity contribution is 0.144. The maximum atomic E-state index is 12.4. The number of ether oxygens (including phenoxy) is 1. The Balaban J connectivity index is 3.32. The molecule has 0 radical (unpaired) electrons. The molecule has 14 heavy (non-hydrogen) atoms. The number of methoxy groups -OCH3 is 1. The van der Waals surface area contributed by atoms with Crippen LogP contribution < -0.4 is 10.3 Å². The average Bonchev–Trinajstić information content (AvgIpc) is 2.17. The van der Waals surface area contributed by atoms with Crippen molar-refractivity contribution in [3.63, 3.8) is 0 Å². The summed E-state index contributed by atoms with van der Waals surface area (Å²) in [6, 6.07) is 1.22. The molecule has 0 bridgehead atoms. The molecule has 6 heteroatoms. The Kier molecular flexibility index (Phi) is 3.46. The maximum Gasteiger partial charge on any atom is 0.290 e. The summed E-state index contributed by atoms with van der Waals surface area (Å²) in [6.45, 7) is 0. The Hall–Kier alpha value is -1.10. The minimum Gasteiger partial charge on any atom is -0.491 e. The molecule has 0 fully saturated rings. The van der Waals surface area contributed by atoms with Crippen molar-refractivity contribution in [1.82, 2.24) is 4.98 Å². The number of halogens is 3. The molecule has 0 saturated heterocycles. The van der Waals surface area contributed by atoms with Crippen molar-refractivity contribution >= 4 is 11.6 Å². The topological polar surface area (TPSA) is 42.1 Å². The summed E-state index contributed by atoms with van der Waals surface area (Å²) in [5.74, 6) is -0.127. The van der Waals surface area contributed by atoms with Gasteiger partial charge < -0.3 is 9.72 Å². The van der Waals surface area contributed by atoms with E-state index >= 15 is 0 Å². The van der Waals surface area contributed by atoms with E-state index in [2.05, 4.69) is 4.74 Å². The zero-order valence-corrected chi connectivity index (χ0v) is 8.07. The molecule has 1 N–H and O–H groups in total. The van der Waals surface area contributed by atoms with Gasteiger partial charge in [-0.15, -0.1) is 11.6 Å². The van der Waals surface area contributed by atoms with Gasteiger partial charge in [0.25, 0.3) is 12.0 Å². The van der Waals surface area contributed by atoms with E-state index in [4.69, 9.17) is 11.6 Å². The normalized spacial score (nSPS) is 10.6. The van der Waals surface area contributed by atoms with Gasteiger partial charge in [-0.25, -0.2) is 8.78 Å². The number of H-pyrrole nitrogens is 1. The molecule has 1 rings (SSSR count). The van der Waals surface area contributed by atoms with Gasteiger partial charge >= 0.3 is 0 Å². The average molecular weight is 224 g/mol. The van der Waals surface area contributed by atoms with E-state index in [0.29, 0.717) is 0 Å². The van der Waals surface area contributed by atoms with Crippen molar-refractivity contribution in [2.45, 2.75) is 12.3 Å². The second-order valence-electron chi connectivity index (χ2n) is 2.54. The fraction of sp³-hybridized carbons (Fsp3) is 0.375. The molecule has 1 aromatic rings. The van der Waals surface area contributed by atoms with Gasteiger partial charge in [-0.1, -0.05) is 0 Å². The van der Waals surface area contributed by atoms with Gasteiger partial charge in [0.05, 0.1) is 12.8 Å². The SMILES string of the molecule is COc1cc(CCl)c(C(F)F)[nH]c1=O. The molecule has 1 aromatic heterocycles. The lowest BCUT2D eigenvalue weighted by Gasteiger charge is -2.07. The zero-order chi connectivity index (χ0) is 10.7. The number of aromatic nitrogens is 1. The highest BCUT2D eigenvalue weighted by molar-refractivity contribution is 6.17. The van der Waals surface area contributed by atoms with Crippen molar-refractivity contribution in [3.8, 4) is 5.75 Å². The summed E-state index contributed by atoms with van der Waals surface area (Å²) in [4.78, 5) is 13.1. The van der Waals surface area contributed by atoms with Crippen LogP contribution in [-0.2, 0) is 5.88 Å². The van der Waals surface area contributed by atoms with Crippen molar-refractivity contribution in [3.05, 3.63) is 27.7 Å². The third-order valence-corrected chi connectivity index (χ3v) is 1.99. The Morgan fingerprint density at radius 3 is 2.71 bits per heavy atom. The summed E-state index contributed by atoms with van der Waals surface area (Å²) in [6.07, 6.45) is -2.75. The van der Waals surface area contributed by atoms with Crippen molar-refractivity contribution in [1.29, 1.82) is 0 Å². The molecule has 0 atom stereocenters. The van der Waals surface area contributed by atoms with E-state index in [1.165, 1.54) is 13.2 Å². The summed E-state index contributed by atoms with van der Waals surface area (Å²) in [5, 5.41) is 0. The first-order valence-corrected chi connectivity index (χ1v) is 4.27. The molecule has 0 aromatic carbocycles. The predicted octanol–water partition coefficient (Wildman–Crippen LogP) is 2.06. The number of hydrogen-bond donors (Lipinski definition) is 1. The Morgan fingerprint density at radius 1 is 1.64 bits per heavy atom. The van der Waals surface area contributed by atoms with Crippen LogP contribution in [0.1, 0.15) is 17.7 Å². The van der Waals surface area contributed by atoms with E-state index in [9.17, 15) is 13.6 Å². The number of alkyl halides is 3. The van der Waals surface area contributed by atoms with Crippen LogP contribution >= 0.6 is 11.6 Å². The second kappa shape index (κ2) is 4.41. The molecule has 0 spiro atoms. The Bertz CT molecular complexity index is 378. The van der Waals surface area contributed by atoms with E-state index in [1.807, 2.05) is 4.98 Å². The Morgan fingerprint density at radius 2 is 2.29 bits per heavy atom. The smallest absolute Gasteiger partial charge is 0.290 e. The lowest BCUT2D eigenvalue weighted by Crippen LogP contribution is -2.14. The van der Waals surface area contributed by atoms with Crippen LogP contribution in [0.15, 0.2) is 10.9 Å². The van der Waals surface area contributed by atoms with Crippen LogP contribution in [0, 0.1) is 0 Å². The van der Waals surface area contributed by atoms with Crippen LogP contribution in [0.5, 0.6) is 5.75 Å². The van der Waals surface area contributed by atoms with Crippen molar-refractivity contribution in [2.75, 3.05) is 7.11 Å². The predicted molar refractivity (Wildman–Crippen MR) is 48.1 cm³/mol. The molecule has 0 amide bonds. The fourth-order valence-corrected chi connectivity index (χ4v) is 1.24. The summed E-state index contributed by atoms with van der Waals surface area (Å²) >= 11 is 5.45. The molecular formula is C8H8ClF2NO2. The fourth-order valence-electron chi connectivity index (χ4n) is 1.02. The standard InChI is InChI=1S/C8H8ClF2NO2/c1-14-5-2-4(3-9)6(7(10)11)12-8(5)13/h2,7H,3H2,1H3,(H,12,13). The van der Waals surface area contributed by atoms with E-state index in [-0.39, 0.29) is 17.2 Å². The van der Waals surface area contributed by atoms with Crippen molar-refractivity contribution < 1.29 is 13.5 Å². The highest BCUT2D eigenvalue weighted by atomic mass is 35.5. The Labute approximate surface area is 83.7 Å². The van der Waals surface area contributed by atoms with Crippen molar-refractivity contribution in [2.24, 2.45) is 0 Å². The van der Waals surface area contributed by atoms with Gasteiger partial charge in [0.2, 0.25) is 0 Å². The third-order valence-electron chi connectivity index (χ3n) is 1.71. The first-order chi connectivity index (χ1) is 6.60. The summed E-state index contributed by atoms with van der Waals surface area (Å²) in [5.41, 5.74) is -0.972. The molecule has 1 heterocycles. The zero-order valence-electron chi connectivity index (χ0n) is 7.31. The molecule has 0 aliphatic rings. The van der Waals surface area contributed by atoms with Gasteiger partial charge in [-0.3, -0.25) is 4.79 Å². The molecule has 0 aliphatic heterocycles. The molecule has 78 valence electrons. The van der Waals surface area contributed by atoms with Gasteiger partial charge in [0.1, 0.15) is 0 Å². The number of pyridine rings is 1. The van der Waals surface area contributed by atoms with Gasteiger partial charge in [0, 0.05) is 5.88 Å². The maximum absolute atomic E-state index is 12.4. The number of aromatic amines is 1. The minimum absolute atomic E-state index is 0.0231. The second-order valence-corrected chi connectivity index (χ2v) is 2.81. The first kappa shape index (κ1) is 11.0. The van der Waals surface area contributed by atoms with E-state index in [1.54, 1.807) is 0 Å². The largest absolute Gasteiger partial charge is 0.491 e. The monoisotopic (exact) mass is 223 g/mol. The van der Waals surface area contributed by atoms with Gasteiger partial charge in [-0.2, -0.15) is 0 Å². The van der Waals surface area contributed by atoms with Crippen LogP contribution in [0.4, 0.5) is 8.78 Å². The minimum atomic E-state index is -2.75. The highest BCUT2D eigenvalue weighted by Gasteiger charge is 2.15. The lowest BCUT2D eigenvalue weighted by atomic mass is 10.2. The summed E-state index contributed by atoms with van der Waals surface area (Å²) < 4.78 is 29.4. The molecule has 3 nitrogen and oxygen atoms in total. The number of rotatable bonds is 3. The van der Waals surface area contributed by atoms with Crippen LogP contribution in [0.2, 0.25) is 0 Å². The summed E-state index contributed by atoms with van der Waals surface area (Å²) in [7, 11) is 1.28. The van der Waals surface area contributed by atoms with E-state index < -0.39 is 17.7 Å². The molecular weight excluding hydrogens is 216 g/mol. The van der Waals surface area contributed by atoms with E-state index in [0.717, 1.165) is 0 Å². The van der Waals surface area contributed by atoms with Crippen LogP contribution in [0.3, 0.4) is 0 Å². The quantitative estimate of drug-likeness (QED) is 0.797. The first-order valence-electron chi connectivity index (χ1n) is 3.74. The third kappa shape index (κ3) is 2.04.